The van der Waals surface area contributed by atoms with Crippen LogP contribution in [0, 0.1) is 0 Å². The van der Waals surface area contributed by atoms with Crippen LogP contribution in [0.3, 0.4) is 0 Å². The lowest BCUT2D eigenvalue weighted by Gasteiger charge is -2.08. The molecular formula is C15H12N2O3. The normalized spacial score (nSPS) is 12.8. The van der Waals surface area contributed by atoms with E-state index in [0.29, 0.717) is 6.54 Å². The molecule has 0 bridgehead atoms. The number of nitrogens with one attached hydrogen (secondary N) is 1. The number of anilines is 1. The first kappa shape index (κ1) is 11.2. The molecule has 20 heavy (non-hydrogen) atoms. The SMILES string of the molecule is c1cc(CNc2nccc3occc23)c2c(c1)OCO2. The third-order valence-corrected chi connectivity index (χ3v) is 3.30. The molecule has 0 saturated heterocycles. The van der Waals surface area contributed by atoms with Crippen molar-refractivity contribution in [1.82, 2.24) is 4.98 Å². The molecule has 5 nitrogen and oxygen atoms in total. The molecule has 0 radical (unpaired) electrons. The van der Waals surface area contributed by atoms with Crippen molar-refractivity contribution in [3.05, 3.63) is 48.4 Å². The Balaban J connectivity index is 1.62. The van der Waals surface area contributed by atoms with E-state index >= 15 is 0 Å². The van der Waals surface area contributed by atoms with Crippen LogP contribution >= 0.6 is 0 Å². The summed E-state index contributed by atoms with van der Waals surface area (Å²) in [5.74, 6) is 2.39. The molecule has 0 amide bonds. The van der Waals surface area contributed by atoms with Gasteiger partial charge in [-0.05, 0) is 18.2 Å². The molecule has 1 aliphatic rings. The van der Waals surface area contributed by atoms with E-state index in [1.54, 1.807) is 12.5 Å². The standard InChI is InChI=1S/C15H12N2O3/c1-2-10(14-13(3-1)19-9-20-14)8-17-15-11-5-7-18-12(11)4-6-16-15/h1-7H,8-9H2,(H,16,17). The number of pyridine rings is 1. The van der Waals surface area contributed by atoms with E-state index in [9.17, 15) is 0 Å². The second-order valence-corrected chi connectivity index (χ2v) is 4.50. The summed E-state index contributed by atoms with van der Waals surface area (Å²) >= 11 is 0. The maximum atomic E-state index is 5.49. The van der Waals surface area contributed by atoms with Crippen LogP contribution in [-0.2, 0) is 6.54 Å². The summed E-state index contributed by atoms with van der Waals surface area (Å²) in [7, 11) is 0. The monoisotopic (exact) mass is 268 g/mol. The van der Waals surface area contributed by atoms with Gasteiger partial charge in [-0.3, -0.25) is 0 Å². The van der Waals surface area contributed by atoms with Crippen LogP contribution in [0.25, 0.3) is 11.0 Å². The number of furan rings is 1. The smallest absolute Gasteiger partial charge is 0.231 e. The number of ether oxygens (including phenoxy) is 2. The van der Waals surface area contributed by atoms with Crippen LogP contribution in [0.2, 0.25) is 0 Å². The van der Waals surface area contributed by atoms with E-state index < -0.39 is 0 Å². The zero-order valence-corrected chi connectivity index (χ0v) is 10.6. The van der Waals surface area contributed by atoms with E-state index in [4.69, 9.17) is 13.9 Å². The number of aromatic nitrogens is 1. The maximum Gasteiger partial charge on any atom is 0.231 e. The molecule has 3 heterocycles. The van der Waals surface area contributed by atoms with Crippen molar-refractivity contribution < 1.29 is 13.9 Å². The third-order valence-electron chi connectivity index (χ3n) is 3.30. The molecule has 100 valence electrons. The van der Waals surface area contributed by atoms with Crippen molar-refractivity contribution in [2.75, 3.05) is 12.1 Å². The predicted molar refractivity (Wildman–Crippen MR) is 73.9 cm³/mol. The fraction of sp³-hybridized carbons (Fsp3) is 0.133. The maximum absolute atomic E-state index is 5.49. The van der Waals surface area contributed by atoms with Gasteiger partial charge in [-0.25, -0.2) is 4.98 Å². The number of fused-ring (bicyclic) bond motifs is 2. The number of benzene rings is 1. The van der Waals surface area contributed by atoms with Gasteiger partial charge in [0.05, 0.1) is 11.6 Å². The highest BCUT2D eigenvalue weighted by Crippen LogP contribution is 2.35. The Labute approximate surface area is 115 Å². The molecule has 0 atom stereocenters. The van der Waals surface area contributed by atoms with Crippen molar-refractivity contribution >= 4 is 16.8 Å². The van der Waals surface area contributed by atoms with Crippen LogP contribution in [0.15, 0.2) is 47.2 Å². The molecule has 0 fully saturated rings. The van der Waals surface area contributed by atoms with Crippen molar-refractivity contribution in [2.45, 2.75) is 6.54 Å². The van der Waals surface area contributed by atoms with Gasteiger partial charge in [0.1, 0.15) is 11.4 Å². The fourth-order valence-corrected chi connectivity index (χ4v) is 2.34. The van der Waals surface area contributed by atoms with Gasteiger partial charge >= 0.3 is 0 Å². The lowest BCUT2D eigenvalue weighted by molar-refractivity contribution is 0.173. The Morgan fingerprint density at radius 1 is 1.15 bits per heavy atom. The van der Waals surface area contributed by atoms with Gasteiger partial charge < -0.3 is 19.2 Å². The van der Waals surface area contributed by atoms with Crippen molar-refractivity contribution in [3.63, 3.8) is 0 Å². The number of hydrogen-bond acceptors (Lipinski definition) is 5. The quantitative estimate of drug-likeness (QED) is 0.790. The molecule has 0 saturated carbocycles. The first-order chi connectivity index (χ1) is 9.92. The molecular weight excluding hydrogens is 256 g/mol. The van der Waals surface area contributed by atoms with Crippen molar-refractivity contribution in [1.29, 1.82) is 0 Å². The molecule has 0 unspecified atom stereocenters. The van der Waals surface area contributed by atoms with E-state index in [-0.39, 0.29) is 6.79 Å². The summed E-state index contributed by atoms with van der Waals surface area (Å²) in [5.41, 5.74) is 1.86. The average Bonchev–Trinajstić information content (AvgIpc) is 3.13. The predicted octanol–water partition coefficient (Wildman–Crippen LogP) is 3.17. The van der Waals surface area contributed by atoms with Gasteiger partial charge in [0.2, 0.25) is 6.79 Å². The molecule has 0 spiro atoms. The van der Waals surface area contributed by atoms with E-state index in [1.807, 2.05) is 30.3 Å². The zero-order valence-electron chi connectivity index (χ0n) is 10.6. The molecule has 0 aliphatic carbocycles. The van der Waals surface area contributed by atoms with Crippen LogP contribution in [-0.4, -0.2) is 11.8 Å². The van der Waals surface area contributed by atoms with Crippen LogP contribution in [0.5, 0.6) is 11.5 Å². The highest BCUT2D eigenvalue weighted by molar-refractivity contribution is 5.87. The number of para-hydroxylation sites is 1. The Morgan fingerprint density at radius 3 is 3.15 bits per heavy atom. The topological polar surface area (TPSA) is 56.5 Å². The summed E-state index contributed by atoms with van der Waals surface area (Å²) < 4.78 is 16.2. The minimum Gasteiger partial charge on any atom is -0.464 e. The van der Waals surface area contributed by atoms with E-state index in [1.165, 1.54) is 0 Å². The summed E-state index contributed by atoms with van der Waals surface area (Å²) in [6, 6.07) is 9.62. The van der Waals surface area contributed by atoms with Gasteiger partial charge in [-0.15, -0.1) is 0 Å². The molecule has 4 rings (SSSR count). The minimum absolute atomic E-state index is 0.280. The largest absolute Gasteiger partial charge is 0.464 e. The lowest BCUT2D eigenvalue weighted by atomic mass is 10.2. The van der Waals surface area contributed by atoms with Gasteiger partial charge in [0.15, 0.2) is 11.5 Å². The molecule has 1 aromatic carbocycles. The second kappa shape index (κ2) is 4.45. The van der Waals surface area contributed by atoms with Crippen LogP contribution in [0.1, 0.15) is 5.56 Å². The zero-order chi connectivity index (χ0) is 13.4. The van der Waals surface area contributed by atoms with Crippen LogP contribution < -0.4 is 14.8 Å². The summed E-state index contributed by atoms with van der Waals surface area (Å²) in [4.78, 5) is 4.34. The highest BCUT2D eigenvalue weighted by Gasteiger charge is 2.17. The summed E-state index contributed by atoms with van der Waals surface area (Å²) in [6.07, 6.45) is 3.39. The Morgan fingerprint density at radius 2 is 2.15 bits per heavy atom. The number of nitrogens with zero attached hydrogens (tertiary/aromatic N) is 1. The Hall–Kier alpha value is -2.69. The van der Waals surface area contributed by atoms with Crippen molar-refractivity contribution in [2.24, 2.45) is 0 Å². The molecule has 2 aromatic heterocycles. The minimum atomic E-state index is 0.280. The van der Waals surface area contributed by atoms with Gasteiger partial charge in [0.25, 0.3) is 0 Å². The average molecular weight is 268 g/mol. The van der Waals surface area contributed by atoms with E-state index in [0.717, 1.165) is 33.8 Å². The molecule has 1 aliphatic heterocycles. The second-order valence-electron chi connectivity index (χ2n) is 4.50. The first-order valence-corrected chi connectivity index (χ1v) is 6.35. The lowest BCUT2D eigenvalue weighted by Crippen LogP contribution is -2.02. The molecule has 5 heteroatoms. The Bertz CT molecular complexity index is 767. The fourth-order valence-electron chi connectivity index (χ4n) is 2.34. The molecule has 1 N–H and O–H groups in total. The van der Waals surface area contributed by atoms with Gasteiger partial charge in [-0.2, -0.15) is 0 Å². The summed E-state index contributed by atoms with van der Waals surface area (Å²) in [6.45, 7) is 0.895. The third kappa shape index (κ3) is 1.75. The van der Waals surface area contributed by atoms with Crippen molar-refractivity contribution in [3.8, 4) is 11.5 Å². The molecule has 3 aromatic rings. The van der Waals surface area contributed by atoms with Crippen LogP contribution in [0.4, 0.5) is 5.82 Å². The summed E-state index contributed by atoms with van der Waals surface area (Å²) in [5, 5.41) is 4.28. The van der Waals surface area contributed by atoms with Gasteiger partial charge in [0, 0.05) is 18.3 Å². The van der Waals surface area contributed by atoms with E-state index in [2.05, 4.69) is 10.3 Å². The first-order valence-electron chi connectivity index (χ1n) is 6.35. The number of rotatable bonds is 3. The highest BCUT2D eigenvalue weighted by atomic mass is 16.7. The number of hydrogen-bond donors (Lipinski definition) is 1. The Kier molecular flexibility index (Phi) is 2.48. The van der Waals surface area contributed by atoms with Gasteiger partial charge in [-0.1, -0.05) is 12.1 Å².